The molecule has 0 amide bonds. The molecule has 0 bridgehead atoms. The van der Waals surface area contributed by atoms with E-state index in [-0.39, 0.29) is 0 Å². The standard InChI is InChI=1S/C19H13Cl2FN4/c20-15-6-16-14(9-25-19(16)26-10-15)5-13-4-12(8-24-18(13)22)3-11-1-2-17(21)23-7-11/h1-2,4,6-10H,3,5H2,(H,25,26). The van der Waals surface area contributed by atoms with Crippen LogP contribution >= 0.6 is 23.2 Å². The quantitative estimate of drug-likeness (QED) is 0.503. The number of fused-ring (bicyclic) bond motifs is 1. The molecule has 0 unspecified atom stereocenters. The van der Waals surface area contributed by atoms with E-state index in [1.165, 1.54) is 0 Å². The molecule has 7 heteroatoms. The summed E-state index contributed by atoms with van der Waals surface area (Å²) in [4.78, 5) is 15.3. The molecule has 0 aliphatic rings. The normalized spacial score (nSPS) is 11.2. The van der Waals surface area contributed by atoms with Gasteiger partial charge in [-0.25, -0.2) is 15.0 Å². The van der Waals surface area contributed by atoms with E-state index in [0.29, 0.717) is 28.6 Å². The fourth-order valence-corrected chi connectivity index (χ4v) is 3.16. The van der Waals surface area contributed by atoms with Gasteiger partial charge < -0.3 is 4.98 Å². The van der Waals surface area contributed by atoms with Crippen LogP contribution in [0.2, 0.25) is 10.2 Å². The summed E-state index contributed by atoms with van der Waals surface area (Å²) in [7, 11) is 0. The van der Waals surface area contributed by atoms with Crippen LogP contribution in [-0.2, 0) is 12.8 Å². The van der Waals surface area contributed by atoms with Crippen LogP contribution in [0.5, 0.6) is 0 Å². The zero-order chi connectivity index (χ0) is 18.1. The number of aromatic amines is 1. The van der Waals surface area contributed by atoms with Crippen LogP contribution in [0.25, 0.3) is 11.0 Å². The molecule has 0 saturated heterocycles. The summed E-state index contributed by atoms with van der Waals surface area (Å²) in [6.45, 7) is 0. The first kappa shape index (κ1) is 16.9. The topological polar surface area (TPSA) is 54.5 Å². The highest BCUT2D eigenvalue weighted by Crippen LogP contribution is 2.24. The lowest BCUT2D eigenvalue weighted by molar-refractivity contribution is 0.569. The Morgan fingerprint density at radius 2 is 1.73 bits per heavy atom. The largest absolute Gasteiger partial charge is 0.346 e. The molecule has 26 heavy (non-hydrogen) atoms. The van der Waals surface area contributed by atoms with Gasteiger partial charge in [0.25, 0.3) is 0 Å². The van der Waals surface area contributed by atoms with Crippen molar-refractivity contribution in [2.45, 2.75) is 12.8 Å². The second-order valence-corrected chi connectivity index (χ2v) is 6.82. The minimum absolute atomic E-state index is 0.396. The van der Waals surface area contributed by atoms with Crippen molar-refractivity contribution in [3.8, 4) is 0 Å². The summed E-state index contributed by atoms with van der Waals surface area (Å²) < 4.78 is 14.2. The molecular formula is C19H13Cl2FN4. The van der Waals surface area contributed by atoms with Gasteiger partial charge in [0.2, 0.25) is 5.95 Å². The smallest absolute Gasteiger partial charge is 0.216 e. The minimum atomic E-state index is -0.479. The molecule has 130 valence electrons. The Balaban J connectivity index is 1.63. The lowest BCUT2D eigenvalue weighted by Gasteiger charge is -2.06. The van der Waals surface area contributed by atoms with E-state index >= 15 is 0 Å². The van der Waals surface area contributed by atoms with Crippen LogP contribution in [-0.4, -0.2) is 19.9 Å². The second kappa shape index (κ2) is 7.02. The zero-order valence-electron chi connectivity index (χ0n) is 13.5. The third-order valence-corrected chi connectivity index (χ3v) is 4.56. The zero-order valence-corrected chi connectivity index (χ0v) is 15.0. The van der Waals surface area contributed by atoms with Gasteiger partial charge in [-0.05, 0) is 34.9 Å². The predicted molar refractivity (Wildman–Crippen MR) is 100 cm³/mol. The molecule has 1 N–H and O–H groups in total. The maximum atomic E-state index is 14.2. The van der Waals surface area contributed by atoms with Gasteiger partial charge in [0.05, 0.1) is 5.02 Å². The van der Waals surface area contributed by atoms with Crippen LogP contribution in [0.4, 0.5) is 4.39 Å². The van der Waals surface area contributed by atoms with E-state index in [1.807, 2.05) is 24.4 Å². The summed E-state index contributed by atoms with van der Waals surface area (Å²) >= 11 is 11.8. The Bertz CT molecular complexity index is 1080. The van der Waals surface area contributed by atoms with E-state index in [0.717, 1.165) is 27.7 Å². The average molecular weight is 387 g/mol. The van der Waals surface area contributed by atoms with Gasteiger partial charge in [0.15, 0.2) is 0 Å². The minimum Gasteiger partial charge on any atom is -0.346 e. The van der Waals surface area contributed by atoms with Crippen molar-refractivity contribution in [3.63, 3.8) is 0 Å². The molecule has 4 aromatic rings. The van der Waals surface area contributed by atoms with Crippen LogP contribution in [0.3, 0.4) is 0 Å². The first-order valence-corrected chi connectivity index (χ1v) is 8.69. The first-order valence-electron chi connectivity index (χ1n) is 7.94. The number of hydrogen-bond acceptors (Lipinski definition) is 3. The molecule has 4 heterocycles. The van der Waals surface area contributed by atoms with Crippen molar-refractivity contribution in [3.05, 3.63) is 87.4 Å². The Kier molecular flexibility index (Phi) is 4.57. The van der Waals surface area contributed by atoms with Gasteiger partial charge in [0, 0.05) is 48.6 Å². The molecule has 0 aliphatic heterocycles. The van der Waals surface area contributed by atoms with Gasteiger partial charge in [-0.1, -0.05) is 29.3 Å². The third-order valence-electron chi connectivity index (χ3n) is 4.13. The van der Waals surface area contributed by atoms with E-state index < -0.39 is 5.95 Å². The Morgan fingerprint density at radius 1 is 0.885 bits per heavy atom. The number of nitrogens with zero attached hydrogens (tertiary/aromatic N) is 3. The lowest BCUT2D eigenvalue weighted by Crippen LogP contribution is -1.99. The van der Waals surface area contributed by atoms with E-state index in [2.05, 4.69) is 19.9 Å². The van der Waals surface area contributed by atoms with Gasteiger partial charge in [-0.2, -0.15) is 4.39 Å². The second-order valence-electron chi connectivity index (χ2n) is 6.00. The molecule has 0 aromatic carbocycles. The molecule has 4 aromatic heterocycles. The van der Waals surface area contributed by atoms with E-state index in [1.54, 1.807) is 24.7 Å². The number of rotatable bonds is 4. The van der Waals surface area contributed by atoms with Gasteiger partial charge in [-0.15, -0.1) is 0 Å². The summed E-state index contributed by atoms with van der Waals surface area (Å²) in [5.41, 5.74) is 4.05. The van der Waals surface area contributed by atoms with Crippen molar-refractivity contribution in [2.75, 3.05) is 0 Å². The van der Waals surface area contributed by atoms with E-state index in [4.69, 9.17) is 23.2 Å². The summed E-state index contributed by atoms with van der Waals surface area (Å²) in [6.07, 6.45) is 7.65. The molecule has 0 atom stereocenters. The van der Waals surface area contributed by atoms with Crippen molar-refractivity contribution in [2.24, 2.45) is 0 Å². The van der Waals surface area contributed by atoms with Crippen molar-refractivity contribution < 1.29 is 4.39 Å². The fraction of sp³-hybridized carbons (Fsp3) is 0.105. The molecule has 0 saturated carbocycles. The maximum absolute atomic E-state index is 14.2. The molecular weight excluding hydrogens is 374 g/mol. The Hall–Kier alpha value is -2.50. The van der Waals surface area contributed by atoms with Gasteiger partial charge >= 0.3 is 0 Å². The SMILES string of the molecule is Fc1ncc(Cc2ccc(Cl)nc2)cc1Cc1c[nH]c2ncc(Cl)cc12. The van der Waals surface area contributed by atoms with E-state index in [9.17, 15) is 4.39 Å². The maximum Gasteiger partial charge on any atom is 0.216 e. The monoisotopic (exact) mass is 386 g/mol. The van der Waals surface area contributed by atoms with Crippen LogP contribution in [0, 0.1) is 5.95 Å². The van der Waals surface area contributed by atoms with Crippen LogP contribution < -0.4 is 0 Å². The highest BCUT2D eigenvalue weighted by atomic mass is 35.5. The van der Waals surface area contributed by atoms with Crippen molar-refractivity contribution in [1.29, 1.82) is 0 Å². The average Bonchev–Trinajstić information content (AvgIpc) is 3.02. The highest BCUT2D eigenvalue weighted by molar-refractivity contribution is 6.31. The molecule has 0 radical (unpaired) electrons. The lowest BCUT2D eigenvalue weighted by atomic mass is 10.0. The highest BCUT2D eigenvalue weighted by Gasteiger charge is 2.11. The summed E-state index contributed by atoms with van der Waals surface area (Å²) in [6, 6.07) is 7.28. The van der Waals surface area contributed by atoms with Gasteiger partial charge in [-0.3, -0.25) is 0 Å². The van der Waals surface area contributed by atoms with Crippen LogP contribution in [0.15, 0.2) is 49.1 Å². The van der Waals surface area contributed by atoms with Crippen LogP contribution in [0.1, 0.15) is 22.3 Å². The predicted octanol–water partition coefficient (Wildman–Crippen LogP) is 4.98. The van der Waals surface area contributed by atoms with Crippen molar-refractivity contribution in [1.82, 2.24) is 19.9 Å². The summed E-state index contributed by atoms with van der Waals surface area (Å²) in [5.74, 6) is -0.479. The van der Waals surface area contributed by atoms with Crippen molar-refractivity contribution >= 4 is 34.2 Å². The number of aromatic nitrogens is 4. The Morgan fingerprint density at radius 3 is 2.54 bits per heavy atom. The number of H-pyrrole nitrogens is 1. The summed E-state index contributed by atoms with van der Waals surface area (Å²) in [5, 5.41) is 1.86. The number of pyridine rings is 3. The molecule has 0 aliphatic carbocycles. The fourth-order valence-electron chi connectivity index (χ4n) is 2.89. The molecule has 0 spiro atoms. The number of halogens is 3. The van der Waals surface area contributed by atoms with Gasteiger partial charge in [0.1, 0.15) is 10.8 Å². The first-order chi connectivity index (χ1) is 12.6. The molecule has 4 nitrogen and oxygen atoms in total. The third kappa shape index (κ3) is 3.54. The molecule has 0 fully saturated rings. The Labute approximate surface area is 159 Å². The molecule has 4 rings (SSSR count). The number of hydrogen-bond donors (Lipinski definition) is 1. The number of nitrogens with one attached hydrogen (secondary N) is 1.